The Kier molecular flexibility index (Phi) is 2.19. The van der Waals surface area contributed by atoms with Crippen LogP contribution in [0.2, 0.25) is 0 Å². The molecule has 3 rings (SSSR count). The maximum Gasteiger partial charge on any atom is 0.213 e. The van der Waals surface area contributed by atoms with Crippen LogP contribution in [0.1, 0.15) is 0 Å². The summed E-state index contributed by atoms with van der Waals surface area (Å²) in [7, 11) is 1.53. The highest BCUT2D eigenvalue weighted by Crippen LogP contribution is 2.30. The molecule has 0 spiro atoms. The first-order valence-corrected chi connectivity index (χ1v) is 5.29. The number of hydrogen-bond acceptors (Lipinski definition) is 4. The fourth-order valence-corrected chi connectivity index (χ4v) is 2.16. The lowest BCUT2D eigenvalue weighted by molar-refractivity contribution is 0.399. The number of methoxy groups -OCH3 is 1. The van der Waals surface area contributed by atoms with Crippen molar-refractivity contribution in [2.24, 2.45) is 0 Å². The number of pyridine rings is 2. The van der Waals surface area contributed by atoms with E-state index in [0.29, 0.717) is 16.9 Å². The van der Waals surface area contributed by atoms with Crippen LogP contribution in [0.25, 0.3) is 21.9 Å². The standard InChI is InChI=1S/C11H8FN3OS/c1-16-10-3-7-8-2-6(12)4-14-11(8)15(17)9(7)5-13-10/h2-5,17H,1H3. The Hall–Kier alpha value is -1.82. The van der Waals surface area contributed by atoms with Gasteiger partial charge in [0.25, 0.3) is 0 Å². The minimum absolute atomic E-state index is 0.380. The van der Waals surface area contributed by atoms with Gasteiger partial charge in [-0.3, -0.25) is 3.97 Å². The molecule has 4 nitrogen and oxygen atoms in total. The number of nitrogens with zero attached hydrogens (tertiary/aromatic N) is 3. The van der Waals surface area contributed by atoms with E-state index >= 15 is 0 Å². The number of aromatic nitrogens is 3. The van der Waals surface area contributed by atoms with Crippen LogP contribution in [0.5, 0.6) is 5.88 Å². The van der Waals surface area contributed by atoms with Gasteiger partial charge in [-0.1, -0.05) is 12.8 Å². The molecule has 0 aliphatic rings. The zero-order valence-corrected chi connectivity index (χ0v) is 9.78. The van der Waals surface area contributed by atoms with E-state index in [1.807, 2.05) is 0 Å². The molecule has 3 aromatic heterocycles. The molecular formula is C11H8FN3OS. The number of ether oxygens (including phenoxy) is 1. The van der Waals surface area contributed by atoms with Crippen LogP contribution in [0, 0.1) is 5.82 Å². The topological polar surface area (TPSA) is 39.9 Å². The van der Waals surface area contributed by atoms with E-state index in [1.165, 1.54) is 19.4 Å². The SMILES string of the molecule is COc1cc2c3cc(F)cnc3n(S)c2cn1. The van der Waals surface area contributed by atoms with Crippen LogP contribution in [0.15, 0.2) is 24.5 Å². The predicted molar refractivity (Wildman–Crippen MR) is 65.9 cm³/mol. The van der Waals surface area contributed by atoms with Crippen molar-refractivity contribution in [3.05, 3.63) is 30.3 Å². The Morgan fingerprint density at radius 2 is 2.06 bits per heavy atom. The summed E-state index contributed by atoms with van der Waals surface area (Å²) in [5.41, 5.74) is 1.36. The fraction of sp³-hybridized carbons (Fsp3) is 0.0909. The second kappa shape index (κ2) is 3.59. The van der Waals surface area contributed by atoms with Gasteiger partial charge in [0.15, 0.2) is 5.65 Å². The smallest absolute Gasteiger partial charge is 0.213 e. The second-order valence-electron chi connectivity index (χ2n) is 3.58. The van der Waals surface area contributed by atoms with Gasteiger partial charge in [-0.15, -0.1) is 0 Å². The van der Waals surface area contributed by atoms with Gasteiger partial charge in [-0.2, -0.15) is 0 Å². The summed E-state index contributed by atoms with van der Waals surface area (Å²) in [5.74, 6) is 0.0942. The van der Waals surface area contributed by atoms with Crippen LogP contribution in [0.4, 0.5) is 4.39 Å². The zero-order chi connectivity index (χ0) is 12.0. The molecule has 0 aliphatic heterocycles. The van der Waals surface area contributed by atoms with E-state index in [0.717, 1.165) is 10.9 Å². The molecule has 0 saturated carbocycles. The van der Waals surface area contributed by atoms with E-state index in [2.05, 4.69) is 22.8 Å². The van der Waals surface area contributed by atoms with Crippen LogP contribution in [-0.2, 0) is 0 Å². The first kappa shape index (κ1) is 10.3. The molecule has 0 radical (unpaired) electrons. The van der Waals surface area contributed by atoms with Gasteiger partial charge in [-0.05, 0) is 6.07 Å². The zero-order valence-electron chi connectivity index (χ0n) is 8.88. The molecule has 0 bridgehead atoms. The Bertz CT molecular complexity index is 725. The summed E-state index contributed by atoms with van der Waals surface area (Å²) in [4.78, 5) is 8.11. The van der Waals surface area contributed by atoms with Gasteiger partial charge in [0, 0.05) is 16.8 Å². The molecule has 0 amide bonds. The highest BCUT2D eigenvalue weighted by molar-refractivity contribution is 7.79. The molecule has 6 heteroatoms. The van der Waals surface area contributed by atoms with Crippen molar-refractivity contribution >= 4 is 34.8 Å². The minimum atomic E-state index is -0.380. The van der Waals surface area contributed by atoms with Gasteiger partial charge >= 0.3 is 0 Å². The van der Waals surface area contributed by atoms with Gasteiger partial charge in [0.2, 0.25) is 5.88 Å². The molecule has 0 unspecified atom stereocenters. The lowest BCUT2D eigenvalue weighted by Gasteiger charge is -1.98. The van der Waals surface area contributed by atoms with Crippen LogP contribution >= 0.6 is 12.8 Å². The van der Waals surface area contributed by atoms with Crippen molar-refractivity contribution in [2.75, 3.05) is 7.11 Å². The number of thiol groups is 1. The highest BCUT2D eigenvalue weighted by Gasteiger charge is 2.12. The molecule has 3 aromatic rings. The third-order valence-electron chi connectivity index (χ3n) is 2.62. The third kappa shape index (κ3) is 1.44. The van der Waals surface area contributed by atoms with Crippen molar-refractivity contribution in [3.8, 4) is 5.88 Å². The number of fused-ring (bicyclic) bond motifs is 3. The van der Waals surface area contributed by atoms with Gasteiger partial charge < -0.3 is 4.74 Å². The van der Waals surface area contributed by atoms with E-state index in [4.69, 9.17) is 4.74 Å². The second-order valence-corrected chi connectivity index (χ2v) is 3.98. The van der Waals surface area contributed by atoms with E-state index in [1.54, 1.807) is 16.2 Å². The molecule has 0 aliphatic carbocycles. The van der Waals surface area contributed by atoms with Crippen molar-refractivity contribution in [2.45, 2.75) is 0 Å². The summed E-state index contributed by atoms with van der Waals surface area (Å²) >= 11 is 4.32. The third-order valence-corrected chi connectivity index (χ3v) is 3.02. The fourth-order valence-electron chi connectivity index (χ4n) is 1.84. The first-order valence-electron chi connectivity index (χ1n) is 4.89. The van der Waals surface area contributed by atoms with Crippen molar-refractivity contribution in [1.82, 2.24) is 13.9 Å². The Balaban J connectivity index is 2.51. The van der Waals surface area contributed by atoms with Crippen molar-refractivity contribution in [3.63, 3.8) is 0 Å². The normalized spacial score (nSPS) is 11.2. The average Bonchev–Trinajstić information content (AvgIpc) is 2.62. The van der Waals surface area contributed by atoms with Crippen molar-refractivity contribution in [1.29, 1.82) is 0 Å². The Morgan fingerprint density at radius 1 is 1.24 bits per heavy atom. The highest BCUT2D eigenvalue weighted by atomic mass is 32.1. The van der Waals surface area contributed by atoms with Gasteiger partial charge in [0.1, 0.15) is 5.82 Å². The quantitative estimate of drug-likeness (QED) is 0.673. The number of halogens is 1. The maximum atomic E-state index is 13.2. The van der Waals surface area contributed by atoms with Crippen LogP contribution in [0.3, 0.4) is 0 Å². The summed E-state index contributed by atoms with van der Waals surface area (Å²) < 4.78 is 19.8. The number of rotatable bonds is 1. The lowest BCUT2D eigenvalue weighted by Crippen LogP contribution is -1.87. The molecular weight excluding hydrogens is 241 g/mol. The molecule has 0 saturated heterocycles. The van der Waals surface area contributed by atoms with Crippen molar-refractivity contribution < 1.29 is 9.13 Å². The molecule has 0 aromatic carbocycles. The molecule has 0 atom stereocenters. The molecule has 3 heterocycles. The first-order chi connectivity index (χ1) is 8.20. The summed E-state index contributed by atoms with van der Waals surface area (Å²) in [6.07, 6.45) is 2.79. The van der Waals surface area contributed by atoms with Crippen LogP contribution < -0.4 is 4.74 Å². The molecule has 0 N–H and O–H groups in total. The largest absolute Gasteiger partial charge is 0.481 e. The summed E-state index contributed by atoms with van der Waals surface area (Å²) in [6, 6.07) is 3.17. The van der Waals surface area contributed by atoms with E-state index < -0.39 is 0 Å². The average molecular weight is 249 g/mol. The summed E-state index contributed by atoms with van der Waals surface area (Å²) in [5, 5.41) is 1.50. The van der Waals surface area contributed by atoms with Gasteiger partial charge in [0.05, 0.1) is 25.0 Å². The Morgan fingerprint density at radius 3 is 2.82 bits per heavy atom. The Labute approximate surface area is 102 Å². The predicted octanol–water partition coefficient (Wildman–Crippen LogP) is 2.43. The maximum absolute atomic E-state index is 13.2. The molecule has 0 fully saturated rings. The minimum Gasteiger partial charge on any atom is -0.481 e. The summed E-state index contributed by atoms with van der Waals surface area (Å²) in [6.45, 7) is 0. The molecule has 17 heavy (non-hydrogen) atoms. The van der Waals surface area contributed by atoms with Crippen LogP contribution in [-0.4, -0.2) is 21.1 Å². The monoisotopic (exact) mass is 249 g/mol. The molecule has 86 valence electrons. The van der Waals surface area contributed by atoms with E-state index in [-0.39, 0.29) is 5.82 Å². The lowest BCUT2D eigenvalue weighted by atomic mass is 10.2. The number of hydrogen-bond donors (Lipinski definition) is 1. The van der Waals surface area contributed by atoms with Gasteiger partial charge in [-0.25, -0.2) is 14.4 Å². The van der Waals surface area contributed by atoms with E-state index in [9.17, 15) is 4.39 Å².